The van der Waals surface area contributed by atoms with E-state index in [0.717, 1.165) is 64.3 Å². The van der Waals surface area contributed by atoms with Crippen LogP contribution in [0.15, 0.2) is 30.3 Å². The predicted octanol–water partition coefficient (Wildman–Crippen LogP) is 4.05. The van der Waals surface area contributed by atoms with Gasteiger partial charge in [0.1, 0.15) is 0 Å². The van der Waals surface area contributed by atoms with E-state index in [4.69, 9.17) is 0 Å². The van der Waals surface area contributed by atoms with Crippen molar-refractivity contribution in [1.82, 2.24) is 15.5 Å². The molecule has 1 saturated heterocycles. The van der Waals surface area contributed by atoms with E-state index >= 15 is 0 Å². The van der Waals surface area contributed by atoms with Gasteiger partial charge < -0.3 is 15.5 Å². The number of amides is 3. The molecule has 0 aromatic heterocycles. The Morgan fingerprint density at radius 1 is 0.906 bits per heavy atom. The van der Waals surface area contributed by atoms with Gasteiger partial charge in [-0.15, -0.1) is 0 Å². The Labute approximate surface area is 192 Å². The number of benzene rings is 1. The van der Waals surface area contributed by atoms with Gasteiger partial charge in [-0.3, -0.25) is 14.4 Å². The molecule has 2 fully saturated rings. The standard InChI is InChI=1S/C26H39N3O3/c1-2-3-4-8-17-24(30)29-18-11-14-21(19-29)26(32)28-23-16-10-9-15-22(23)27-25(31)20-12-6-5-7-13-20/h5-7,12-13,21-23H,2-4,8-11,14-19H2,1H3,(H,27,31)(H,28,32)/t21-,22+,23+/m0/s1. The minimum atomic E-state index is -0.157. The highest BCUT2D eigenvalue weighted by molar-refractivity contribution is 5.94. The van der Waals surface area contributed by atoms with Crippen molar-refractivity contribution >= 4 is 17.7 Å². The number of nitrogens with zero attached hydrogens (tertiary/aromatic N) is 1. The zero-order valence-corrected chi connectivity index (χ0v) is 19.5. The largest absolute Gasteiger partial charge is 0.351 e. The van der Waals surface area contributed by atoms with Gasteiger partial charge in [-0.1, -0.05) is 57.2 Å². The molecule has 3 amide bonds. The summed E-state index contributed by atoms with van der Waals surface area (Å²) in [7, 11) is 0. The number of carbonyl (C=O) groups is 3. The number of carbonyl (C=O) groups excluding carboxylic acids is 3. The minimum absolute atomic E-state index is 0.0272. The van der Waals surface area contributed by atoms with Crippen molar-refractivity contribution in [3.8, 4) is 0 Å². The summed E-state index contributed by atoms with van der Waals surface area (Å²) < 4.78 is 0. The molecule has 1 aliphatic carbocycles. The lowest BCUT2D eigenvalue weighted by Crippen LogP contribution is -2.55. The second kappa shape index (κ2) is 12.6. The minimum Gasteiger partial charge on any atom is -0.351 e. The van der Waals surface area contributed by atoms with Crippen molar-refractivity contribution in [2.45, 2.75) is 89.6 Å². The zero-order valence-electron chi connectivity index (χ0n) is 19.5. The first-order chi connectivity index (χ1) is 15.6. The van der Waals surface area contributed by atoms with Crippen molar-refractivity contribution in [3.05, 3.63) is 35.9 Å². The predicted molar refractivity (Wildman–Crippen MR) is 126 cm³/mol. The lowest BCUT2D eigenvalue weighted by atomic mass is 9.88. The Morgan fingerprint density at radius 3 is 2.34 bits per heavy atom. The fourth-order valence-corrected chi connectivity index (χ4v) is 4.90. The van der Waals surface area contributed by atoms with Crippen LogP contribution >= 0.6 is 0 Å². The highest BCUT2D eigenvalue weighted by atomic mass is 16.2. The van der Waals surface area contributed by atoms with Crippen LogP contribution in [0.4, 0.5) is 0 Å². The highest BCUT2D eigenvalue weighted by Gasteiger charge is 2.33. The molecule has 0 spiro atoms. The molecular weight excluding hydrogens is 402 g/mol. The molecule has 1 saturated carbocycles. The summed E-state index contributed by atoms with van der Waals surface area (Å²) in [5.74, 6) is -0.0337. The highest BCUT2D eigenvalue weighted by Crippen LogP contribution is 2.22. The second-order valence-electron chi connectivity index (χ2n) is 9.34. The van der Waals surface area contributed by atoms with Crippen molar-refractivity contribution in [1.29, 1.82) is 0 Å². The molecule has 2 N–H and O–H groups in total. The van der Waals surface area contributed by atoms with Gasteiger partial charge in [0, 0.05) is 37.2 Å². The van der Waals surface area contributed by atoms with Crippen LogP contribution in [0.3, 0.4) is 0 Å². The van der Waals surface area contributed by atoms with Crippen molar-refractivity contribution in [2.24, 2.45) is 5.92 Å². The van der Waals surface area contributed by atoms with E-state index in [1.54, 1.807) is 0 Å². The van der Waals surface area contributed by atoms with Gasteiger partial charge in [0.15, 0.2) is 0 Å². The lowest BCUT2D eigenvalue weighted by molar-refractivity contribution is -0.136. The molecule has 6 heteroatoms. The molecule has 3 atom stereocenters. The van der Waals surface area contributed by atoms with Crippen molar-refractivity contribution in [2.75, 3.05) is 13.1 Å². The first-order valence-electron chi connectivity index (χ1n) is 12.5. The van der Waals surface area contributed by atoms with Crippen LogP contribution in [0, 0.1) is 5.92 Å². The third-order valence-electron chi connectivity index (χ3n) is 6.84. The molecule has 0 unspecified atom stereocenters. The quantitative estimate of drug-likeness (QED) is 0.568. The maximum atomic E-state index is 13.1. The summed E-state index contributed by atoms with van der Waals surface area (Å²) in [6.07, 6.45) is 10.5. The number of hydrogen-bond acceptors (Lipinski definition) is 3. The van der Waals surface area contributed by atoms with E-state index in [9.17, 15) is 14.4 Å². The first kappa shape index (κ1) is 24.3. The summed E-state index contributed by atoms with van der Waals surface area (Å²) in [6.45, 7) is 3.45. The molecule has 1 aromatic carbocycles. The van der Waals surface area contributed by atoms with Gasteiger partial charge >= 0.3 is 0 Å². The Morgan fingerprint density at radius 2 is 1.62 bits per heavy atom. The smallest absolute Gasteiger partial charge is 0.251 e. The zero-order chi connectivity index (χ0) is 22.8. The van der Waals surface area contributed by atoms with E-state index in [0.29, 0.717) is 18.5 Å². The summed E-state index contributed by atoms with van der Waals surface area (Å²) in [5.41, 5.74) is 0.642. The molecule has 176 valence electrons. The monoisotopic (exact) mass is 441 g/mol. The topological polar surface area (TPSA) is 78.5 Å². The number of likely N-dealkylation sites (tertiary alicyclic amines) is 1. The average molecular weight is 442 g/mol. The van der Waals surface area contributed by atoms with Gasteiger partial charge in [0.05, 0.1) is 5.92 Å². The number of unbranched alkanes of at least 4 members (excludes halogenated alkanes) is 3. The Bertz CT molecular complexity index is 752. The first-order valence-corrected chi connectivity index (χ1v) is 12.5. The SMILES string of the molecule is CCCCCCC(=O)N1CCC[C@H](C(=O)N[C@@H]2CCCC[C@H]2NC(=O)c2ccccc2)C1. The molecule has 1 aliphatic heterocycles. The second-order valence-corrected chi connectivity index (χ2v) is 9.34. The molecule has 6 nitrogen and oxygen atoms in total. The number of rotatable bonds is 9. The Hall–Kier alpha value is -2.37. The fourth-order valence-electron chi connectivity index (χ4n) is 4.90. The van der Waals surface area contributed by atoms with Crippen LogP contribution in [-0.4, -0.2) is 47.8 Å². The Balaban J connectivity index is 1.51. The van der Waals surface area contributed by atoms with Crippen molar-refractivity contribution in [3.63, 3.8) is 0 Å². The van der Waals surface area contributed by atoms with Crippen LogP contribution in [0.5, 0.6) is 0 Å². The van der Waals surface area contributed by atoms with E-state index < -0.39 is 0 Å². The van der Waals surface area contributed by atoms with Crippen LogP contribution in [-0.2, 0) is 9.59 Å². The van der Waals surface area contributed by atoms with Crippen LogP contribution in [0.2, 0.25) is 0 Å². The number of hydrogen-bond donors (Lipinski definition) is 2. The van der Waals surface area contributed by atoms with Gasteiger partial charge in [-0.05, 0) is 44.2 Å². The lowest BCUT2D eigenvalue weighted by Gasteiger charge is -2.36. The molecule has 0 bridgehead atoms. The van der Waals surface area contributed by atoms with Crippen molar-refractivity contribution < 1.29 is 14.4 Å². The molecule has 1 heterocycles. The fraction of sp³-hybridized carbons (Fsp3) is 0.654. The maximum Gasteiger partial charge on any atom is 0.251 e. The van der Waals surface area contributed by atoms with E-state index in [1.807, 2.05) is 35.2 Å². The normalized spacial score (nSPS) is 23.4. The summed E-state index contributed by atoms with van der Waals surface area (Å²) in [4.78, 5) is 40.2. The van der Waals surface area contributed by atoms with Gasteiger partial charge in [-0.2, -0.15) is 0 Å². The maximum absolute atomic E-state index is 13.1. The number of piperidine rings is 1. The molecule has 3 rings (SSSR count). The summed E-state index contributed by atoms with van der Waals surface area (Å²) in [6, 6.07) is 9.11. The third kappa shape index (κ3) is 7.07. The molecule has 32 heavy (non-hydrogen) atoms. The molecule has 0 radical (unpaired) electrons. The molecule has 2 aliphatic rings. The summed E-state index contributed by atoms with van der Waals surface area (Å²) in [5, 5.41) is 6.36. The third-order valence-corrected chi connectivity index (χ3v) is 6.84. The van der Waals surface area contributed by atoms with E-state index in [-0.39, 0.29) is 35.7 Å². The number of nitrogens with one attached hydrogen (secondary N) is 2. The van der Waals surface area contributed by atoms with Gasteiger partial charge in [0.2, 0.25) is 11.8 Å². The molecule has 1 aromatic rings. The van der Waals surface area contributed by atoms with E-state index in [2.05, 4.69) is 17.6 Å². The van der Waals surface area contributed by atoms with E-state index in [1.165, 1.54) is 6.42 Å². The average Bonchev–Trinajstić information content (AvgIpc) is 2.83. The Kier molecular flexibility index (Phi) is 9.57. The van der Waals surface area contributed by atoms with Crippen LogP contribution in [0.25, 0.3) is 0 Å². The van der Waals surface area contributed by atoms with Gasteiger partial charge in [-0.25, -0.2) is 0 Å². The van der Waals surface area contributed by atoms with Crippen LogP contribution in [0.1, 0.15) is 87.9 Å². The van der Waals surface area contributed by atoms with Crippen LogP contribution < -0.4 is 10.6 Å². The van der Waals surface area contributed by atoms with Gasteiger partial charge in [0.25, 0.3) is 5.91 Å². The molecular formula is C26H39N3O3. The summed E-state index contributed by atoms with van der Waals surface area (Å²) >= 11 is 0.